The van der Waals surface area contributed by atoms with Crippen molar-refractivity contribution in [3.05, 3.63) is 18.2 Å². The zero-order valence-electron chi connectivity index (χ0n) is 16.0. The Morgan fingerprint density at radius 3 is 2.79 bits per heavy atom. The number of nitrogens with zero attached hydrogens (tertiary/aromatic N) is 3. The second-order valence-electron chi connectivity index (χ2n) is 7.60. The summed E-state index contributed by atoms with van der Waals surface area (Å²) in [6.07, 6.45) is 3.11. The van der Waals surface area contributed by atoms with E-state index in [4.69, 9.17) is 0 Å². The maximum atomic E-state index is 13.2. The van der Waals surface area contributed by atoms with Gasteiger partial charge in [0.25, 0.3) is 0 Å². The first kappa shape index (κ1) is 20.2. The number of hydrogen-bond acceptors (Lipinski definition) is 7. The van der Waals surface area contributed by atoms with Crippen molar-refractivity contribution in [1.82, 2.24) is 23.7 Å². The summed E-state index contributed by atoms with van der Waals surface area (Å²) >= 11 is 0.968. The molecule has 0 spiro atoms. The topological polar surface area (TPSA) is 121 Å². The third-order valence-corrected chi connectivity index (χ3v) is 7.74. The fourth-order valence-electron chi connectivity index (χ4n) is 3.45. The van der Waals surface area contributed by atoms with Crippen LogP contribution in [0.2, 0.25) is 0 Å². The van der Waals surface area contributed by atoms with Gasteiger partial charge in [0.05, 0.1) is 17.6 Å². The minimum Gasteiger partial charge on any atom is -0.352 e. The SMILES string of the molecule is C[C@@H](NC(=O)[C@H]1CCCN(S(=O)(=O)c2cccc3nsnc23)C1)C(=O)NC1CC1. The van der Waals surface area contributed by atoms with E-state index < -0.39 is 22.0 Å². The van der Waals surface area contributed by atoms with Crippen LogP contribution in [0.25, 0.3) is 11.0 Å². The van der Waals surface area contributed by atoms with E-state index in [-0.39, 0.29) is 29.3 Å². The lowest BCUT2D eigenvalue weighted by atomic mass is 9.98. The number of piperidine rings is 1. The number of nitrogens with one attached hydrogen (secondary N) is 2. The van der Waals surface area contributed by atoms with Crippen LogP contribution in [-0.2, 0) is 19.6 Å². The van der Waals surface area contributed by atoms with Gasteiger partial charge in [-0.05, 0) is 44.7 Å². The molecule has 2 fully saturated rings. The molecule has 156 valence electrons. The molecule has 2 atom stereocenters. The summed E-state index contributed by atoms with van der Waals surface area (Å²) in [5.74, 6) is -0.997. The summed E-state index contributed by atoms with van der Waals surface area (Å²) in [6, 6.07) is 4.46. The standard InChI is InChI=1S/C18H23N5O4S2/c1-11(17(24)20-13-7-8-13)19-18(25)12-4-3-9-23(10-12)29(26,27)15-6-2-5-14-16(15)22-28-21-14/h2,5-6,11-13H,3-4,7-10H2,1H3,(H,19,25)(H,20,24)/t11-,12+/m1/s1. The first-order chi connectivity index (χ1) is 13.9. The van der Waals surface area contributed by atoms with Crippen molar-refractivity contribution < 1.29 is 18.0 Å². The zero-order chi connectivity index (χ0) is 20.6. The van der Waals surface area contributed by atoms with Gasteiger partial charge in [-0.1, -0.05) is 6.07 Å². The number of carbonyl (C=O) groups excluding carboxylic acids is 2. The molecule has 2 N–H and O–H groups in total. The molecule has 2 aliphatic rings. The van der Waals surface area contributed by atoms with E-state index in [1.165, 1.54) is 10.4 Å². The summed E-state index contributed by atoms with van der Waals surface area (Å²) in [7, 11) is -3.80. The molecule has 1 aromatic heterocycles. The minimum absolute atomic E-state index is 0.0824. The minimum atomic E-state index is -3.80. The lowest BCUT2D eigenvalue weighted by Crippen LogP contribution is -2.50. The molecule has 9 nitrogen and oxygen atoms in total. The van der Waals surface area contributed by atoms with Crippen LogP contribution in [-0.4, -0.2) is 58.5 Å². The van der Waals surface area contributed by atoms with Crippen LogP contribution in [0.4, 0.5) is 0 Å². The number of fused-ring (bicyclic) bond motifs is 1. The molecule has 29 heavy (non-hydrogen) atoms. The van der Waals surface area contributed by atoms with Gasteiger partial charge in [-0.3, -0.25) is 9.59 Å². The Morgan fingerprint density at radius 2 is 2.03 bits per heavy atom. The van der Waals surface area contributed by atoms with Gasteiger partial charge in [-0.25, -0.2) is 8.42 Å². The van der Waals surface area contributed by atoms with E-state index in [2.05, 4.69) is 19.4 Å². The van der Waals surface area contributed by atoms with Crippen molar-refractivity contribution in [3.8, 4) is 0 Å². The summed E-state index contributed by atoms with van der Waals surface area (Å²) in [5.41, 5.74) is 0.896. The number of amides is 2. The van der Waals surface area contributed by atoms with Gasteiger partial charge in [-0.15, -0.1) is 0 Å². The number of sulfonamides is 1. The molecular formula is C18H23N5O4S2. The molecule has 1 aliphatic heterocycles. The van der Waals surface area contributed by atoms with Crippen molar-refractivity contribution in [1.29, 1.82) is 0 Å². The third kappa shape index (κ3) is 4.26. The predicted molar refractivity (Wildman–Crippen MR) is 108 cm³/mol. The summed E-state index contributed by atoms with van der Waals surface area (Å²) in [5, 5.41) is 5.59. The number of hydrogen-bond donors (Lipinski definition) is 2. The maximum absolute atomic E-state index is 13.2. The highest BCUT2D eigenvalue weighted by molar-refractivity contribution is 7.89. The average molecular weight is 438 g/mol. The van der Waals surface area contributed by atoms with Gasteiger partial charge < -0.3 is 10.6 Å². The van der Waals surface area contributed by atoms with Gasteiger partial charge in [0, 0.05) is 19.1 Å². The molecule has 1 saturated heterocycles. The molecule has 0 unspecified atom stereocenters. The van der Waals surface area contributed by atoms with Crippen molar-refractivity contribution in [2.24, 2.45) is 5.92 Å². The molecule has 1 aromatic carbocycles. The zero-order valence-corrected chi connectivity index (χ0v) is 17.6. The molecule has 2 amide bonds. The number of carbonyl (C=O) groups is 2. The number of benzene rings is 1. The number of rotatable bonds is 6. The van der Waals surface area contributed by atoms with E-state index in [0.29, 0.717) is 30.4 Å². The highest BCUT2D eigenvalue weighted by Gasteiger charge is 2.35. The first-order valence-corrected chi connectivity index (χ1v) is 11.9. The van der Waals surface area contributed by atoms with Gasteiger partial charge >= 0.3 is 0 Å². The van der Waals surface area contributed by atoms with E-state index in [0.717, 1.165) is 24.6 Å². The lowest BCUT2D eigenvalue weighted by molar-refractivity contribution is -0.131. The van der Waals surface area contributed by atoms with E-state index in [9.17, 15) is 18.0 Å². The highest BCUT2D eigenvalue weighted by Crippen LogP contribution is 2.28. The summed E-state index contributed by atoms with van der Waals surface area (Å²) in [4.78, 5) is 24.8. The Morgan fingerprint density at radius 1 is 1.24 bits per heavy atom. The monoisotopic (exact) mass is 437 g/mol. The van der Waals surface area contributed by atoms with Crippen LogP contribution in [0.5, 0.6) is 0 Å². The van der Waals surface area contributed by atoms with Gasteiger partial charge in [0.2, 0.25) is 21.8 Å². The Kier molecular flexibility index (Phi) is 5.54. The summed E-state index contributed by atoms with van der Waals surface area (Å²) < 4.78 is 35.9. The van der Waals surface area contributed by atoms with Crippen molar-refractivity contribution in [2.75, 3.05) is 13.1 Å². The molecule has 2 heterocycles. The van der Waals surface area contributed by atoms with Crippen LogP contribution in [0.3, 0.4) is 0 Å². The van der Waals surface area contributed by atoms with Crippen molar-refractivity contribution in [2.45, 2.75) is 49.6 Å². The molecular weight excluding hydrogens is 414 g/mol. The Hall–Kier alpha value is -2.11. The second kappa shape index (κ2) is 7.96. The third-order valence-electron chi connectivity index (χ3n) is 5.30. The predicted octanol–water partition coefficient (Wildman–Crippen LogP) is 0.875. The average Bonchev–Trinajstić information content (AvgIpc) is 3.39. The van der Waals surface area contributed by atoms with E-state index in [1.807, 2.05) is 0 Å². The smallest absolute Gasteiger partial charge is 0.245 e. The van der Waals surface area contributed by atoms with Crippen LogP contribution in [0, 0.1) is 5.92 Å². The summed E-state index contributed by atoms with van der Waals surface area (Å²) in [6.45, 7) is 2.07. The fraction of sp³-hybridized carbons (Fsp3) is 0.556. The van der Waals surface area contributed by atoms with E-state index >= 15 is 0 Å². The molecule has 1 saturated carbocycles. The van der Waals surface area contributed by atoms with Crippen LogP contribution in [0.15, 0.2) is 23.1 Å². The Bertz CT molecular complexity index is 1030. The van der Waals surface area contributed by atoms with Crippen LogP contribution in [0.1, 0.15) is 32.6 Å². The first-order valence-electron chi connectivity index (χ1n) is 9.68. The highest BCUT2D eigenvalue weighted by atomic mass is 32.2. The molecule has 4 rings (SSSR count). The molecule has 0 bridgehead atoms. The maximum Gasteiger partial charge on any atom is 0.245 e. The second-order valence-corrected chi connectivity index (χ2v) is 10.0. The van der Waals surface area contributed by atoms with Crippen molar-refractivity contribution >= 4 is 44.6 Å². The normalized spacial score (nSPS) is 21.6. The number of aromatic nitrogens is 2. The van der Waals surface area contributed by atoms with Crippen molar-refractivity contribution in [3.63, 3.8) is 0 Å². The van der Waals surface area contributed by atoms with E-state index in [1.54, 1.807) is 19.1 Å². The molecule has 11 heteroatoms. The Labute approximate surface area is 173 Å². The van der Waals surface area contributed by atoms with Gasteiger partial charge in [0.1, 0.15) is 22.0 Å². The molecule has 0 radical (unpaired) electrons. The van der Waals surface area contributed by atoms with Crippen LogP contribution < -0.4 is 10.6 Å². The largest absolute Gasteiger partial charge is 0.352 e. The Balaban J connectivity index is 1.45. The van der Waals surface area contributed by atoms with Gasteiger partial charge in [0.15, 0.2) is 0 Å². The fourth-order valence-corrected chi connectivity index (χ4v) is 5.73. The van der Waals surface area contributed by atoms with Gasteiger partial charge in [-0.2, -0.15) is 13.1 Å². The lowest BCUT2D eigenvalue weighted by Gasteiger charge is -2.31. The quantitative estimate of drug-likeness (QED) is 0.692. The molecule has 1 aliphatic carbocycles. The molecule has 2 aromatic rings. The van der Waals surface area contributed by atoms with Crippen LogP contribution >= 0.6 is 11.7 Å².